The summed E-state index contributed by atoms with van der Waals surface area (Å²) >= 11 is 6.84. The molecule has 94 valence electrons. The normalized spacial score (nSPS) is 10.4. The van der Waals surface area contributed by atoms with E-state index in [-0.39, 0.29) is 5.82 Å². The van der Waals surface area contributed by atoms with Crippen LogP contribution in [0.25, 0.3) is 0 Å². The molecule has 2 aromatic rings. The molecule has 0 fully saturated rings. The van der Waals surface area contributed by atoms with Crippen LogP contribution in [0.5, 0.6) is 0 Å². The number of hydrogen-bond donors (Lipinski definition) is 1. The lowest BCUT2D eigenvalue weighted by molar-refractivity contribution is 0.630. The lowest BCUT2D eigenvalue weighted by atomic mass is 10.1. The van der Waals surface area contributed by atoms with E-state index in [1.165, 1.54) is 11.6 Å². The monoisotopic (exact) mass is 371 g/mol. The highest BCUT2D eigenvalue weighted by Crippen LogP contribution is 2.23. The van der Waals surface area contributed by atoms with Crippen molar-refractivity contribution in [1.29, 1.82) is 0 Å². The van der Waals surface area contributed by atoms with Crippen molar-refractivity contribution in [3.63, 3.8) is 0 Å². The first kappa shape index (κ1) is 13.6. The molecule has 2 aromatic carbocycles. The molecule has 1 nitrogen and oxygen atoms in total. The van der Waals surface area contributed by atoms with Crippen molar-refractivity contribution in [2.24, 2.45) is 0 Å². The summed E-state index contributed by atoms with van der Waals surface area (Å²) in [5.74, 6) is -0.249. The Morgan fingerprint density at radius 2 is 1.89 bits per heavy atom. The van der Waals surface area contributed by atoms with Crippen LogP contribution in [0, 0.1) is 12.7 Å². The van der Waals surface area contributed by atoms with Crippen LogP contribution in [-0.2, 0) is 6.54 Å². The molecule has 0 saturated heterocycles. The highest BCUT2D eigenvalue weighted by molar-refractivity contribution is 9.10. The van der Waals surface area contributed by atoms with Crippen molar-refractivity contribution in [2.45, 2.75) is 13.5 Å². The van der Waals surface area contributed by atoms with Crippen LogP contribution in [0.4, 0.5) is 10.1 Å². The van der Waals surface area contributed by atoms with Crippen LogP contribution in [0.3, 0.4) is 0 Å². The average Bonchev–Trinajstić information content (AvgIpc) is 2.32. The lowest BCUT2D eigenvalue weighted by Gasteiger charge is -2.10. The van der Waals surface area contributed by atoms with Gasteiger partial charge in [-0.05, 0) is 42.3 Å². The fourth-order valence-corrected chi connectivity index (χ4v) is 2.61. The Morgan fingerprint density at radius 3 is 2.61 bits per heavy atom. The van der Waals surface area contributed by atoms with Gasteiger partial charge in [0.15, 0.2) is 0 Å². The maximum Gasteiger partial charge on any atom is 0.146 e. The van der Waals surface area contributed by atoms with Crippen LogP contribution in [0.1, 0.15) is 11.1 Å². The molecule has 4 heteroatoms. The molecule has 0 aliphatic rings. The van der Waals surface area contributed by atoms with Gasteiger partial charge in [0.2, 0.25) is 0 Å². The summed E-state index contributed by atoms with van der Waals surface area (Å²) in [6.45, 7) is 2.62. The molecule has 0 amide bonds. The van der Waals surface area contributed by atoms with E-state index in [9.17, 15) is 4.39 Å². The third-order valence-corrected chi connectivity index (χ3v) is 3.84. The van der Waals surface area contributed by atoms with E-state index in [1.54, 1.807) is 12.1 Å². The van der Waals surface area contributed by atoms with Gasteiger partial charge in [0.05, 0.1) is 5.69 Å². The minimum absolute atomic E-state index is 0.249. The minimum Gasteiger partial charge on any atom is -0.379 e. The molecule has 0 unspecified atom stereocenters. The van der Waals surface area contributed by atoms with Gasteiger partial charge in [-0.1, -0.05) is 44.0 Å². The van der Waals surface area contributed by atoms with E-state index in [4.69, 9.17) is 0 Å². The maximum absolute atomic E-state index is 13.5. The SMILES string of the molecule is Cc1ccc(CNc2cc(Br)ccc2F)c(Br)c1. The molecule has 0 aromatic heterocycles. The first-order chi connectivity index (χ1) is 8.56. The summed E-state index contributed by atoms with van der Waals surface area (Å²) in [5, 5.41) is 3.10. The molecule has 0 aliphatic carbocycles. The number of aryl methyl sites for hydroxylation is 1. The number of nitrogens with one attached hydrogen (secondary N) is 1. The lowest BCUT2D eigenvalue weighted by Crippen LogP contribution is -2.02. The highest BCUT2D eigenvalue weighted by atomic mass is 79.9. The average molecular weight is 373 g/mol. The molecule has 0 aliphatic heterocycles. The van der Waals surface area contributed by atoms with E-state index in [0.717, 1.165) is 14.5 Å². The fourth-order valence-electron chi connectivity index (χ4n) is 1.62. The van der Waals surface area contributed by atoms with E-state index in [2.05, 4.69) is 37.2 Å². The topological polar surface area (TPSA) is 12.0 Å². The van der Waals surface area contributed by atoms with Crippen molar-refractivity contribution >= 4 is 37.5 Å². The number of rotatable bonds is 3. The van der Waals surface area contributed by atoms with Crippen molar-refractivity contribution in [3.05, 3.63) is 62.3 Å². The van der Waals surface area contributed by atoms with Crippen LogP contribution < -0.4 is 5.32 Å². The van der Waals surface area contributed by atoms with Crippen molar-refractivity contribution in [1.82, 2.24) is 0 Å². The predicted octanol–water partition coefficient (Wildman–Crippen LogP) is 5.27. The Morgan fingerprint density at radius 1 is 1.11 bits per heavy atom. The second-order valence-electron chi connectivity index (χ2n) is 4.07. The zero-order valence-electron chi connectivity index (χ0n) is 9.81. The third kappa shape index (κ3) is 3.33. The molecule has 2 rings (SSSR count). The van der Waals surface area contributed by atoms with Crippen molar-refractivity contribution in [2.75, 3.05) is 5.32 Å². The van der Waals surface area contributed by atoms with Gasteiger partial charge in [-0.25, -0.2) is 4.39 Å². The van der Waals surface area contributed by atoms with Crippen LogP contribution in [-0.4, -0.2) is 0 Å². The largest absolute Gasteiger partial charge is 0.379 e. The maximum atomic E-state index is 13.5. The van der Waals surface area contributed by atoms with E-state index >= 15 is 0 Å². The van der Waals surface area contributed by atoms with Crippen LogP contribution >= 0.6 is 31.9 Å². The summed E-state index contributed by atoms with van der Waals surface area (Å²) in [6.07, 6.45) is 0. The summed E-state index contributed by atoms with van der Waals surface area (Å²) in [4.78, 5) is 0. The van der Waals surface area contributed by atoms with Gasteiger partial charge < -0.3 is 5.32 Å². The Kier molecular flexibility index (Phi) is 4.40. The van der Waals surface area contributed by atoms with Crippen molar-refractivity contribution < 1.29 is 4.39 Å². The summed E-state index contributed by atoms with van der Waals surface area (Å²) in [6, 6.07) is 11.0. The van der Waals surface area contributed by atoms with Gasteiger partial charge in [-0.2, -0.15) is 0 Å². The van der Waals surface area contributed by atoms with Gasteiger partial charge in [0, 0.05) is 15.5 Å². The molecule has 1 N–H and O–H groups in total. The van der Waals surface area contributed by atoms with Gasteiger partial charge >= 0.3 is 0 Å². The zero-order valence-corrected chi connectivity index (χ0v) is 13.0. The number of hydrogen-bond acceptors (Lipinski definition) is 1. The molecule has 0 saturated carbocycles. The van der Waals surface area contributed by atoms with E-state index in [0.29, 0.717) is 12.2 Å². The van der Waals surface area contributed by atoms with Gasteiger partial charge in [0.25, 0.3) is 0 Å². The Balaban J connectivity index is 2.13. The molecule has 18 heavy (non-hydrogen) atoms. The molecule has 0 radical (unpaired) electrons. The Labute approximate surface area is 123 Å². The summed E-state index contributed by atoms with van der Waals surface area (Å²) < 4.78 is 15.4. The van der Waals surface area contributed by atoms with E-state index < -0.39 is 0 Å². The van der Waals surface area contributed by atoms with Crippen LogP contribution in [0.15, 0.2) is 45.3 Å². The second kappa shape index (κ2) is 5.85. The molecule has 0 bridgehead atoms. The van der Waals surface area contributed by atoms with Crippen molar-refractivity contribution in [3.8, 4) is 0 Å². The van der Waals surface area contributed by atoms with E-state index in [1.807, 2.05) is 25.1 Å². The smallest absolute Gasteiger partial charge is 0.146 e. The fraction of sp³-hybridized carbons (Fsp3) is 0.143. The first-order valence-corrected chi connectivity index (χ1v) is 7.09. The first-order valence-electron chi connectivity index (χ1n) is 5.50. The molecule has 0 heterocycles. The molecule has 0 spiro atoms. The predicted molar refractivity (Wildman–Crippen MR) is 80.3 cm³/mol. The zero-order chi connectivity index (χ0) is 13.1. The molecular formula is C14H12Br2FN. The third-order valence-electron chi connectivity index (χ3n) is 2.61. The Bertz CT molecular complexity index is 570. The standard InChI is InChI=1S/C14H12Br2FN/c1-9-2-3-10(12(16)6-9)8-18-14-7-11(15)4-5-13(14)17/h2-7,18H,8H2,1H3. The summed E-state index contributed by atoms with van der Waals surface area (Å²) in [5.41, 5.74) is 2.79. The highest BCUT2D eigenvalue weighted by Gasteiger charge is 2.04. The van der Waals surface area contributed by atoms with Gasteiger partial charge in [-0.15, -0.1) is 0 Å². The van der Waals surface area contributed by atoms with Gasteiger partial charge in [0.1, 0.15) is 5.82 Å². The quantitative estimate of drug-likeness (QED) is 0.773. The minimum atomic E-state index is -0.249. The van der Waals surface area contributed by atoms with Gasteiger partial charge in [-0.3, -0.25) is 0 Å². The number of benzene rings is 2. The number of anilines is 1. The number of halogens is 3. The van der Waals surface area contributed by atoms with Crippen LogP contribution in [0.2, 0.25) is 0 Å². The molecule has 0 atom stereocenters. The summed E-state index contributed by atoms with van der Waals surface area (Å²) in [7, 11) is 0. The Hall–Kier alpha value is -0.870. The second-order valence-corrected chi connectivity index (χ2v) is 5.84. The molecular weight excluding hydrogens is 361 g/mol.